The van der Waals surface area contributed by atoms with Crippen LogP contribution in [0.25, 0.3) is 0 Å². The van der Waals surface area contributed by atoms with Crippen molar-refractivity contribution in [2.45, 2.75) is 52.1 Å². The van der Waals surface area contributed by atoms with Gasteiger partial charge in [0.25, 0.3) is 0 Å². The summed E-state index contributed by atoms with van der Waals surface area (Å²) in [6.07, 6.45) is 2.76. The number of methoxy groups -OCH3 is 1. The van der Waals surface area contributed by atoms with E-state index in [1.165, 1.54) is 0 Å². The Hall–Kier alpha value is -3.22. The molecule has 1 aliphatic rings. The van der Waals surface area contributed by atoms with Crippen molar-refractivity contribution in [2.24, 2.45) is 0 Å². The maximum absolute atomic E-state index is 13.3. The molecule has 33 heavy (non-hydrogen) atoms. The van der Waals surface area contributed by atoms with Gasteiger partial charge in [0.15, 0.2) is 11.5 Å². The lowest BCUT2D eigenvalue weighted by atomic mass is 10.1. The van der Waals surface area contributed by atoms with Gasteiger partial charge >= 0.3 is 0 Å². The van der Waals surface area contributed by atoms with Gasteiger partial charge in [-0.3, -0.25) is 9.59 Å². The van der Waals surface area contributed by atoms with Gasteiger partial charge in [0.2, 0.25) is 11.8 Å². The molecule has 2 amide bonds. The number of rotatable bonds is 11. The van der Waals surface area contributed by atoms with Gasteiger partial charge in [-0.15, -0.1) is 0 Å². The minimum Gasteiger partial charge on any atom is -0.497 e. The van der Waals surface area contributed by atoms with Crippen LogP contribution in [-0.4, -0.2) is 49.6 Å². The van der Waals surface area contributed by atoms with Crippen LogP contribution in [-0.2, 0) is 22.6 Å². The summed E-state index contributed by atoms with van der Waals surface area (Å²) < 4.78 is 16.4. The summed E-state index contributed by atoms with van der Waals surface area (Å²) in [6.45, 7) is 5.90. The average molecular weight is 455 g/mol. The minimum absolute atomic E-state index is 0.0705. The summed E-state index contributed by atoms with van der Waals surface area (Å²) >= 11 is 0. The number of ether oxygens (including phenoxy) is 3. The highest BCUT2D eigenvalue weighted by molar-refractivity contribution is 5.87. The van der Waals surface area contributed by atoms with Crippen molar-refractivity contribution in [2.75, 3.05) is 26.9 Å². The molecule has 2 aromatic rings. The third-order valence-corrected chi connectivity index (χ3v) is 5.74. The van der Waals surface area contributed by atoms with Crippen LogP contribution in [0.15, 0.2) is 42.5 Å². The molecule has 0 saturated carbocycles. The van der Waals surface area contributed by atoms with E-state index in [1.54, 1.807) is 18.9 Å². The molecule has 7 nitrogen and oxygen atoms in total. The average Bonchev–Trinajstić information content (AvgIpc) is 2.85. The molecule has 1 atom stereocenters. The van der Waals surface area contributed by atoms with Crippen molar-refractivity contribution in [3.05, 3.63) is 53.6 Å². The maximum atomic E-state index is 13.3. The number of hydrogen-bond donors (Lipinski definition) is 1. The van der Waals surface area contributed by atoms with Crippen molar-refractivity contribution in [1.29, 1.82) is 0 Å². The van der Waals surface area contributed by atoms with E-state index in [1.807, 2.05) is 42.5 Å². The molecule has 2 aromatic carbocycles. The van der Waals surface area contributed by atoms with Gasteiger partial charge in [0.1, 0.15) is 25.0 Å². The molecule has 178 valence electrons. The highest BCUT2D eigenvalue weighted by Crippen LogP contribution is 2.31. The lowest BCUT2D eigenvalue weighted by Gasteiger charge is -2.29. The van der Waals surface area contributed by atoms with E-state index in [9.17, 15) is 9.59 Å². The SMILES string of the molecule is CCCCNC(=O)[C@@H](C)N(Cc1ccc(OC)cc1)C(=O)CCc1ccc2c(c1)OCCO2. The molecular weight excluding hydrogens is 420 g/mol. The lowest BCUT2D eigenvalue weighted by Crippen LogP contribution is -2.47. The highest BCUT2D eigenvalue weighted by Gasteiger charge is 2.26. The van der Waals surface area contributed by atoms with Crippen LogP contribution < -0.4 is 19.5 Å². The number of carbonyl (C=O) groups excluding carboxylic acids is 2. The normalized spacial score (nSPS) is 13.2. The first-order chi connectivity index (χ1) is 16.0. The standard InChI is InChI=1S/C26H34N2O5/c1-4-5-14-27-26(30)19(2)28(18-21-6-10-22(31-3)11-7-21)25(29)13-9-20-8-12-23-24(17-20)33-16-15-32-23/h6-8,10-12,17,19H,4-5,9,13-16,18H2,1-3H3,(H,27,30)/t19-/m1/s1. The van der Waals surface area contributed by atoms with Crippen LogP contribution in [0.4, 0.5) is 0 Å². The van der Waals surface area contributed by atoms with Gasteiger partial charge in [-0.25, -0.2) is 0 Å². The Kier molecular flexibility index (Phi) is 8.98. The number of carbonyl (C=O) groups is 2. The number of aryl methyl sites for hydroxylation is 1. The van der Waals surface area contributed by atoms with Gasteiger partial charge in [-0.05, 0) is 55.2 Å². The van der Waals surface area contributed by atoms with E-state index in [4.69, 9.17) is 14.2 Å². The molecule has 0 aromatic heterocycles. The Morgan fingerprint density at radius 2 is 1.76 bits per heavy atom. The van der Waals surface area contributed by atoms with Crippen molar-refractivity contribution >= 4 is 11.8 Å². The summed E-state index contributed by atoms with van der Waals surface area (Å²) in [5.41, 5.74) is 1.94. The minimum atomic E-state index is -0.572. The van der Waals surface area contributed by atoms with Crippen LogP contribution >= 0.6 is 0 Å². The first-order valence-corrected chi connectivity index (χ1v) is 11.6. The highest BCUT2D eigenvalue weighted by atomic mass is 16.6. The first kappa shape index (κ1) is 24.4. The third-order valence-electron chi connectivity index (χ3n) is 5.74. The van der Waals surface area contributed by atoms with Crippen molar-refractivity contribution in [3.8, 4) is 17.2 Å². The van der Waals surface area contributed by atoms with E-state index >= 15 is 0 Å². The van der Waals surface area contributed by atoms with E-state index in [2.05, 4.69) is 12.2 Å². The topological polar surface area (TPSA) is 77.1 Å². The first-order valence-electron chi connectivity index (χ1n) is 11.6. The van der Waals surface area contributed by atoms with E-state index in [-0.39, 0.29) is 11.8 Å². The molecule has 0 fully saturated rings. The fourth-order valence-corrected chi connectivity index (χ4v) is 3.68. The molecule has 1 N–H and O–H groups in total. The molecule has 0 spiro atoms. The molecular formula is C26H34N2O5. The Bertz CT molecular complexity index is 929. The fourth-order valence-electron chi connectivity index (χ4n) is 3.68. The Morgan fingerprint density at radius 3 is 2.45 bits per heavy atom. The fraction of sp³-hybridized carbons (Fsp3) is 0.462. The Morgan fingerprint density at radius 1 is 1.06 bits per heavy atom. The van der Waals surface area contributed by atoms with Crippen LogP contribution in [0, 0.1) is 0 Å². The Balaban J connectivity index is 1.69. The number of unbranched alkanes of at least 4 members (excludes halogenated alkanes) is 1. The van der Waals surface area contributed by atoms with Crippen LogP contribution in [0.3, 0.4) is 0 Å². The number of fused-ring (bicyclic) bond motifs is 1. The number of nitrogens with zero attached hydrogens (tertiary/aromatic N) is 1. The molecule has 0 radical (unpaired) electrons. The van der Waals surface area contributed by atoms with E-state index in [0.29, 0.717) is 44.9 Å². The second kappa shape index (κ2) is 12.1. The van der Waals surface area contributed by atoms with Gasteiger partial charge in [0.05, 0.1) is 7.11 Å². The van der Waals surface area contributed by atoms with E-state index in [0.717, 1.165) is 35.5 Å². The van der Waals surface area contributed by atoms with Crippen molar-refractivity contribution < 1.29 is 23.8 Å². The number of hydrogen-bond acceptors (Lipinski definition) is 5. The second-order valence-electron chi connectivity index (χ2n) is 8.17. The zero-order valence-corrected chi connectivity index (χ0v) is 19.8. The van der Waals surface area contributed by atoms with Gasteiger partial charge in [0, 0.05) is 19.5 Å². The third kappa shape index (κ3) is 6.88. The zero-order chi connectivity index (χ0) is 23.6. The molecule has 0 bridgehead atoms. The zero-order valence-electron chi connectivity index (χ0n) is 19.8. The quantitative estimate of drug-likeness (QED) is 0.524. The molecule has 1 heterocycles. The largest absolute Gasteiger partial charge is 0.497 e. The monoisotopic (exact) mass is 454 g/mol. The molecule has 1 aliphatic heterocycles. The van der Waals surface area contributed by atoms with Gasteiger partial charge < -0.3 is 24.4 Å². The van der Waals surface area contributed by atoms with Crippen LogP contribution in [0.5, 0.6) is 17.2 Å². The molecule has 0 saturated heterocycles. The van der Waals surface area contributed by atoms with Gasteiger partial charge in [-0.1, -0.05) is 31.5 Å². The molecule has 0 aliphatic carbocycles. The summed E-state index contributed by atoms with van der Waals surface area (Å²) in [5, 5.41) is 2.95. The van der Waals surface area contributed by atoms with Crippen molar-refractivity contribution in [3.63, 3.8) is 0 Å². The molecule has 7 heteroatoms. The number of benzene rings is 2. The van der Waals surface area contributed by atoms with Crippen LogP contribution in [0.2, 0.25) is 0 Å². The molecule has 3 rings (SSSR count). The smallest absolute Gasteiger partial charge is 0.242 e. The Labute approximate surface area is 196 Å². The predicted molar refractivity (Wildman–Crippen MR) is 127 cm³/mol. The van der Waals surface area contributed by atoms with Crippen LogP contribution in [0.1, 0.15) is 44.2 Å². The second-order valence-corrected chi connectivity index (χ2v) is 8.17. The number of nitrogens with one attached hydrogen (secondary N) is 1. The predicted octanol–water partition coefficient (Wildman–Crippen LogP) is 3.73. The number of amides is 2. The maximum Gasteiger partial charge on any atom is 0.242 e. The molecule has 0 unspecified atom stereocenters. The lowest BCUT2D eigenvalue weighted by molar-refractivity contribution is -0.140. The summed E-state index contributed by atoms with van der Waals surface area (Å²) in [5.74, 6) is 1.99. The summed E-state index contributed by atoms with van der Waals surface area (Å²) in [7, 11) is 1.62. The van der Waals surface area contributed by atoms with Gasteiger partial charge in [-0.2, -0.15) is 0 Å². The van der Waals surface area contributed by atoms with E-state index < -0.39 is 6.04 Å². The summed E-state index contributed by atoms with van der Waals surface area (Å²) in [4.78, 5) is 27.7. The summed E-state index contributed by atoms with van der Waals surface area (Å²) in [6, 6.07) is 12.7. The van der Waals surface area contributed by atoms with Crippen molar-refractivity contribution in [1.82, 2.24) is 10.2 Å².